The Bertz CT molecular complexity index is 759. The lowest BCUT2D eigenvalue weighted by atomic mass is 9.76. The molecule has 1 aliphatic rings. The van der Waals surface area contributed by atoms with E-state index in [-0.39, 0.29) is 11.3 Å². The minimum absolute atomic E-state index is 0.0544. The smallest absolute Gasteiger partial charge is 0.275 e. The van der Waals surface area contributed by atoms with E-state index in [2.05, 4.69) is 24.4 Å². The van der Waals surface area contributed by atoms with E-state index in [1.807, 2.05) is 12.1 Å². The Hall–Kier alpha value is -2.56. The first kappa shape index (κ1) is 15.3. The Morgan fingerprint density at radius 2 is 2.04 bits per heavy atom. The minimum Gasteiger partial charge on any atom is -0.496 e. The quantitative estimate of drug-likeness (QED) is 0.884. The van der Waals surface area contributed by atoms with Gasteiger partial charge in [-0.05, 0) is 30.0 Å². The van der Waals surface area contributed by atoms with Gasteiger partial charge in [-0.3, -0.25) is 4.79 Å². The number of benzene rings is 1. The number of hydrogen-bond donors (Lipinski definition) is 1. The van der Waals surface area contributed by atoms with Gasteiger partial charge < -0.3 is 9.15 Å². The lowest BCUT2D eigenvalue weighted by Gasteiger charge is -2.29. The van der Waals surface area contributed by atoms with E-state index in [4.69, 9.17) is 9.15 Å². The molecule has 0 spiro atoms. The maximum Gasteiger partial charge on any atom is 0.275 e. The molecule has 0 saturated carbocycles. The maximum atomic E-state index is 12.4. The Balaban J connectivity index is 1.84. The fourth-order valence-corrected chi connectivity index (χ4v) is 2.89. The van der Waals surface area contributed by atoms with Gasteiger partial charge in [-0.1, -0.05) is 26.0 Å². The highest BCUT2D eigenvalue weighted by molar-refractivity contribution is 6.04. The van der Waals surface area contributed by atoms with Crippen molar-refractivity contribution in [2.45, 2.75) is 26.7 Å². The summed E-state index contributed by atoms with van der Waals surface area (Å²) >= 11 is 0. The van der Waals surface area contributed by atoms with Crippen LogP contribution in [0.25, 0.3) is 0 Å². The lowest BCUT2D eigenvalue weighted by Crippen LogP contribution is -2.29. The molecule has 0 atom stereocenters. The molecule has 0 saturated heterocycles. The summed E-state index contributed by atoms with van der Waals surface area (Å²) in [7, 11) is 1.54. The van der Waals surface area contributed by atoms with Crippen molar-refractivity contribution in [3.8, 4) is 5.75 Å². The molecular weight excluding hydrogens is 292 g/mol. The Morgan fingerprint density at radius 1 is 1.26 bits per heavy atom. The van der Waals surface area contributed by atoms with Crippen molar-refractivity contribution in [1.29, 1.82) is 0 Å². The zero-order valence-electron chi connectivity index (χ0n) is 13.6. The third kappa shape index (κ3) is 3.13. The molecule has 23 heavy (non-hydrogen) atoms. The Morgan fingerprint density at radius 3 is 2.83 bits per heavy atom. The van der Waals surface area contributed by atoms with Crippen LogP contribution < -0.4 is 10.2 Å². The number of nitrogens with one attached hydrogen (secondary N) is 1. The maximum absolute atomic E-state index is 12.4. The standard InChI is InChI=1S/C18H20N2O3/c1-18(2)10-14(12-8-9-23-16(12)11-18)19-20-17(21)13-6-4-5-7-15(13)22-3/h4-9H,10-11H2,1-3H3,(H,20,21)/b19-14+. The number of rotatable bonds is 3. The highest BCUT2D eigenvalue weighted by Gasteiger charge is 2.32. The van der Waals surface area contributed by atoms with Gasteiger partial charge in [-0.2, -0.15) is 5.10 Å². The first-order chi connectivity index (χ1) is 11.0. The number of fused-ring (bicyclic) bond motifs is 1. The second-order valence-corrected chi connectivity index (χ2v) is 6.47. The van der Waals surface area contributed by atoms with Crippen LogP contribution >= 0.6 is 0 Å². The molecule has 5 heteroatoms. The number of furan rings is 1. The fourth-order valence-electron chi connectivity index (χ4n) is 2.89. The molecule has 0 bridgehead atoms. The molecule has 3 rings (SSSR count). The molecule has 1 aliphatic carbocycles. The van der Waals surface area contributed by atoms with E-state index in [9.17, 15) is 4.79 Å². The van der Waals surface area contributed by atoms with Gasteiger partial charge in [0.2, 0.25) is 0 Å². The summed E-state index contributed by atoms with van der Waals surface area (Å²) in [5.74, 6) is 1.16. The topological polar surface area (TPSA) is 63.8 Å². The van der Waals surface area contributed by atoms with Gasteiger partial charge in [-0.25, -0.2) is 5.43 Å². The number of nitrogens with zero attached hydrogens (tertiary/aromatic N) is 1. The second kappa shape index (κ2) is 5.91. The van der Waals surface area contributed by atoms with Gasteiger partial charge in [0, 0.05) is 12.0 Å². The summed E-state index contributed by atoms with van der Waals surface area (Å²) in [6.07, 6.45) is 3.32. The fraction of sp³-hybridized carbons (Fsp3) is 0.333. The number of ether oxygens (including phenoxy) is 1. The van der Waals surface area contributed by atoms with Crippen molar-refractivity contribution < 1.29 is 13.9 Å². The molecule has 120 valence electrons. The van der Waals surface area contributed by atoms with Gasteiger partial charge >= 0.3 is 0 Å². The van der Waals surface area contributed by atoms with Gasteiger partial charge in [-0.15, -0.1) is 0 Å². The molecule has 0 fully saturated rings. The average molecular weight is 312 g/mol. The van der Waals surface area contributed by atoms with E-state index < -0.39 is 0 Å². The molecule has 5 nitrogen and oxygen atoms in total. The normalized spacial score (nSPS) is 17.6. The predicted octanol–water partition coefficient (Wildman–Crippen LogP) is 3.39. The number of para-hydroxylation sites is 1. The number of carbonyl (C=O) groups excluding carboxylic acids is 1. The Kier molecular flexibility index (Phi) is 3.94. The van der Waals surface area contributed by atoms with Crippen LogP contribution in [0.15, 0.2) is 46.1 Å². The number of amides is 1. The molecule has 1 amide bonds. The monoisotopic (exact) mass is 312 g/mol. The van der Waals surface area contributed by atoms with E-state index in [1.54, 1.807) is 31.6 Å². The van der Waals surface area contributed by atoms with Crippen molar-refractivity contribution in [3.05, 3.63) is 53.5 Å². The van der Waals surface area contributed by atoms with Crippen LogP contribution in [0.5, 0.6) is 5.75 Å². The van der Waals surface area contributed by atoms with Gasteiger partial charge in [0.25, 0.3) is 5.91 Å². The summed E-state index contributed by atoms with van der Waals surface area (Å²) in [4.78, 5) is 12.4. The van der Waals surface area contributed by atoms with E-state index in [0.29, 0.717) is 11.3 Å². The predicted molar refractivity (Wildman–Crippen MR) is 87.8 cm³/mol. The van der Waals surface area contributed by atoms with E-state index in [0.717, 1.165) is 29.9 Å². The number of hydrogen-bond acceptors (Lipinski definition) is 4. The van der Waals surface area contributed by atoms with Crippen LogP contribution in [0.4, 0.5) is 0 Å². The van der Waals surface area contributed by atoms with Crippen molar-refractivity contribution in [3.63, 3.8) is 0 Å². The van der Waals surface area contributed by atoms with Crippen molar-refractivity contribution in [2.75, 3.05) is 7.11 Å². The largest absolute Gasteiger partial charge is 0.496 e. The summed E-state index contributed by atoms with van der Waals surface area (Å²) < 4.78 is 10.7. The van der Waals surface area contributed by atoms with Crippen LogP contribution in [0, 0.1) is 5.41 Å². The molecular formula is C18H20N2O3. The SMILES string of the molecule is COc1ccccc1C(=O)N/N=C1\CC(C)(C)Cc2occc21. The van der Waals surface area contributed by atoms with Crippen LogP contribution in [-0.4, -0.2) is 18.7 Å². The summed E-state index contributed by atoms with van der Waals surface area (Å²) in [5, 5.41) is 4.35. The molecule has 1 aromatic carbocycles. The third-order valence-electron chi connectivity index (χ3n) is 3.99. The zero-order valence-corrected chi connectivity index (χ0v) is 13.6. The van der Waals surface area contributed by atoms with Gasteiger partial charge in [0.05, 0.1) is 24.6 Å². The van der Waals surface area contributed by atoms with E-state index in [1.165, 1.54) is 0 Å². The number of hydrazone groups is 1. The average Bonchev–Trinajstić information content (AvgIpc) is 2.99. The summed E-state index contributed by atoms with van der Waals surface area (Å²) in [6, 6.07) is 8.98. The zero-order chi connectivity index (χ0) is 16.4. The number of carbonyl (C=O) groups is 1. The Labute approximate surface area is 135 Å². The number of methoxy groups -OCH3 is 1. The highest BCUT2D eigenvalue weighted by Crippen LogP contribution is 2.35. The molecule has 1 N–H and O–H groups in total. The second-order valence-electron chi connectivity index (χ2n) is 6.47. The van der Waals surface area contributed by atoms with Crippen molar-refractivity contribution >= 4 is 11.6 Å². The molecule has 1 heterocycles. The van der Waals surface area contributed by atoms with Crippen LogP contribution in [0.2, 0.25) is 0 Å². The van der Waals surface area contributed by atoms with Crippen molar-refractivity contribution in [1.82, 2.24) is 5.43 Å². The van der Waals surface area contributed by atoms with Gasteiger partial charge in [0.15, 0.2) is 0 Å². The first-order valence-electron chi connectivity index (χ1n) is 7.57. The van der Waals surface area contributed by atoms with Crippen molar-refractivity contribution in [2.24, 2.45) is 10.5 Å². The van der Waals surface area contributed by atoms with Crippen LogP contribution in [0.1, 0.15) is 41.9 Å². The molecule has 1 aromatic heterocycles. The van der Waals surface area contributed by atoms with Crippen LogP contribution in [-0.2, 0) is 6.42 Å². The lowest BCUT2D eigenvalue weighted by molar-refractivity contribution is 0.0951. The molecule has 0 unspecified atom stereocenters. The molecule has 2 aromatic rings. The minimum atomic E-state index is -0.289. The van der Waals surface area contributed by atoms with E-state index >= 15 is 0 Å². The summed E-state index contributed by atoms with van der Waals surface area (Å²) in [6.45, 7) is 4.33. The first-order valence-corrected chi connectivity index (χ1v) is 7.57. The summed E-state index contributed by atoms with van der Waals surface area (Å²) in [5.41, 5.74) is 4.97. The van der Waals surface area contributed by atoms with Crippen LogP contribution in [0.3, 0.4) is 0 Å². The molecule has 0 aliphatic heterocycles. The third-order valence-corrected chi connectivity index (χ3v) is 3.99. The molecule has 0 radical (unpaired) electrons. The highest BCUT2D eigenvalue weighted by atomic mass is 16.5. The van der Waals surface area contributed by atoms with Gasteiger partial charge in [0.1, 0.15) is 11.5 Å².